The molecule has 0 bridgehead atoms. The summed E-state index contributed by atoms with van der Waals surface area (Å²) < 4.78 is 9.29. The Morgan fingerprint density at radius 2 is 1.62 bits per heavy atom. The average Bonchev–Trinajstić information content (AvgIpc) is 2.13. The van der Waals surface area contributed by atoms with Gasteiger partial charge in [-0.25, -0.2) is 4.79 Å². The number of methoxy groups -OCH3 is 1. The third-order valence-corrected chi connectivity index (χ3v) is 1.62. The highest BCUT2D eigenvalue weighted by atomic mass is 16.6. The van der Waals surface area contributed by atoms with Gasteiger partial charge in [0.15, 0.2) is 0 Å². The van der Waals surface area contributed by atoms with Gasteiger partial charge in [0.1, 0.15) is 5.60 Å². The van der Waals surface area contributed by atoms with Crippen molar-refractivity contribution < 1.29 is 23.9 Å². The number of rotatable bonds is 5. The van der Waals surface area contributed by atoms with Crippen LogP contribution in [-0.4, -0.2) is 30.4 Å². The number of carbonyl (C=O) groups is 3. The van der Waals surface area contributed by atoms with Crippen LogP contribution in [0.2, 0.25) is 0 Å². The molecule has 0 heterocycles. The molecule has 5 heteroatoms. The fourth-order valence-corrected chi connectivity index (χ4v) is 1.00. The van der Waals surface area contributed by atoms with Crippen molar-refractivity contribution in [2.45, 2.75) is 45.6 Å². The quantitative estimate of drug-likeness (QED) is 0.525. The summed E-state index contributed by atoms with van der Waals surface area (Å²) in [5.41, 5.74) is -0.524. The van der Waals surface area contributed by atoms with E-state index in [1.165, 1.54) is 0 Å². The predicted molar refractivity (Wildman–Crippen MR) is 56.7 cm³/mol. The van der Waals surface area contributed by atoms with Crippen molar-refractivity contribution in [3.8, 4) is 0 Å². The summed E-state index contributed by atoms with van der Waals surface area (Å²) in [4.78, 5) is 33.0. The van der Waals surface area contributed by atoms with Crippen LogP contribution in [0.3, 0.4) is 0 Å². The Bertz CT molecular complexity index is 275. The second-order valence-corrected chi connectivity index (χ2v) is 4.35. The second kappa shape index (κ2) is 6.25. The molecule has 0 fully saturated rings. The van der Waals surface area contributed by atoms with Gasteiger partial charge < -0.3 is 9.47 Å². The standard InChI is InChI=1S/C11H18O5/c1-11(2,3)16-9(13)7-5-6-8(12)10(14)15-4/h5-7H2,1-4H3. The molecule has 0 rings (SSSR count). The van der Waals surface area contributed by atoms with E-state index in [0.29, 0.717) is 6.42 Å². The Hall–Kier alpha value is -1.39. The van der Waals surface area contributed by atoms with Crippen molar-refractivity contribution in [3.05, 3.63) is 0 Å². The van der Waals surface area contributed by atoms with E-state index in [1.807, 2.05) is 0 Å². The molecule has 0 aromatic rings. The lowest BCUT2D eigenvalue weighted by atomic mass is 10.1. The Morgan fingerprint density at radius 1 is 1.06 bits per heavy atom. The maximum Gasteiger partial charge on any atom is 0.374 e. The van der Waals surface area contributed by atoms with Crippen LogP contribution in [0.4, 0.5) is 0 Å². The molecule has 0 N–H and O–H groups in total. The number of ketones is 1. The highest BCUT2D eigenvalue weighted by molar-refractivity contribution is 6.33. The number of carbonyl (C=O) groups excluding carboxylic acids is 3. The zero-order valence-corrected chi connectivity index (χ0v) is 10.2. The summed E-state index contributed by atoms with van der Waals surface area (Å²) in [7, 11) is 1.15. The summed E-state index contributed by atoms with van der Waals surface area (Å²) in [6.45, 7) is 5.31. The van der Waals surface area contributed by atoms with Crippen LogP contribution in [0, 0.1) is 0 Å². The number of Topliss-reactive ketones (excluding diaryl/α,β-unsaturated/α-hetero) is 1. The first-order valence-electron chi connectivity index (χ1n) is 5.09. The third kappa shape index (κ3) is 6.98. The van der Waals surface area contributed by atoms with E-state index in [1.54, 1.807) is 20.8 Å². The number of ether oxygens (including phenoxy) is 2. The van der Waals surface area contributed by atoms with Gasteiger partial charge in [0, 0.05) is 12.8 Å². The van der Waals surface area contributed by atoms with Crippen molar-refractivity contribution in [1.29, 1.82) is 0 Å². The van der Waals surface area contributed by atoms with Gasteiger partial charge in [-0.15, -0.1) is 0 Å². The second-order valence-electron chi connectivity index (χ2n) is 4.35. The molecule has 16 heavy (non-hydrogen) atoms. The molecule has 0 aromatic heterocycles. The first-order valence-corrected chi connectivity index (χ1v) is 5.09. The highest BCUT2D eigenvalue weighted by Gasteiger charge is 2.18. The molecule has 0 saturated carbocycles. The Morgan fingerprint density at radius 3 is 2.06 bits per heavy atom. The molecule has 5 nitrogen and oxygen atoms in total. The van der Waals surface area contributed by atoms with Crippen molar-refractivity contribution in [3.63, 3.8) is 0 Å². The molecule has 0 spiro atoms. The molecular formula is C11H18O5. The first kappa shape index (κ1) is 14.6. The summed E-state index contributed by atoms with van der Waals surface area (Å²) in [5, 5.41) is 0. The SMILES string of the molecule is COC(=O)C(=O)CCCC(=O)OC(C)(C)C. The van der Waals surface area contributed by atoms with Crippen molar-refractivity contribution >= 4 is 17.7 Å². The predicted octanol–water partition coefficient (Wildman–Crippen LogP) is 1.24. The van der Waals surface area contributed by atoms with Gasteiger partial charge in [-0.05, 0) is 27.2 Å². The average molecular weight is 230 g/mol. The monoisotopic (exact) mass is 230 g/mol. The summed E-state index contributed by atoms with van der Waals surface area (Å²) >= 11 is 0. The van der Waals surface area contributed by atoms with Gasteiger partial charge >= 0.3 is 11.9 Å². The van der Waals surface area contributed by atoms with E-state index in [4.69, 9.17) is 4.74 Å². The Kier molecular flexibility index (Phi) is 5.71. The minimum absolute atomic E-state index is 0.00587. The van der Waals surface area contributed by atoms with Gasteiger partial charge in [-0.2, -0.15) is 0 Å². The van der Waals surface area contributed by atoms with Crippen LogP contribution in [0.1, 0.15) is 40.0 Å². The number of hydrogen-bond acceptors (Lipinski definition) is 5. The minimum atomic E-state index is -0.871. The molecule has 92 valence electrons. The maximum absolute atomic E-state index is 11.2. The zero-order valence-electron chi connectivity index (χ0n) is 10.2. The van der Waals surface area contributed by atoms with E-state index in [2.05, 4.69) is 4.74 Å². The van der Waals surface area contributed by atoms with E-state index in [0.717, 1.165) is 7.11 Å². The molecule has 0 aromatic carbocycles. The van der Waals surface area contributed by atoms with Crippen LogP contribution in [0.25, 0.3) is 0 Å². The van der Waals surface area contributed by atoms with Crippen LogP contribution < -0.4 is 0 Å². The van der Waals surface area contributed by atoms with Crippen molar-refractivity contribution in [2.24, 2.45) is 0 Å². The fraction of sp³-hybridized carbons (Fsp3) is 0.727. The van der Waals surface area contributed by atoms with E-state index in [-0.39, 0.29) is 18.8 Å². The summed E-state index contributed by atoms with van der Waals surface area (Å²) in [5.74, 6) is -1.86. The fourth-order valence-electron chi connectivity index (χ4n) is 1.00. The Balaban J connectivity index is 3.79. The topological polar surface area (TPSA) is 69.7 Å². The van der Waals surface area contributed by atoms with Crippen molar-refractivity contribution in [1.82, 2.24) is 0 Å². The van der Waals surface area contributed by atoms with Crippen LogP contribution in [0.5, 0.6) is 0 Å². The lowest BCUT2D eigenvalue weighted by Crippen LogP contribution is -2.24. The largest absolute Gasteiger partial charge is 0.463 e. The highest BCUT2D eigenvalue weighted by Crippen LogP contribution is 2.10. The summed E-state index contributed by atoms with van der Waals surface area (Å²) in [6.07, 6.45) is 0.425. The van der Waals surface area contributed by atoms with Gasteiger partial charge in [-0.1, -0.05) is 0 Å². The number of hydrogen-bond donors (Lipinski definition) is 0. The number of esters is 2. The normalized spacial score (nSPS) is 10.8. The van der Waals surface area contributed by atoms with E-state index in [9.17, 15) is 14.4 Å². The molecule has 0 atom stereocenters. The molecule has 0 aliphatic rings. The van der Waals surface area contributed by atoms with E-state index < -0.39 is 17.4 Å². The molecule has 0 saturated heterocycles. The lowest BCUT2D eigenvalue weighted by Gasteiger charge is -2.19. The van der Waals surface area contributed by atoms with E-state index >= 15 is 0 Å². The molecular weight excluding hydrogens is 212 g/mol. The molecule has 0 aliphatic heterocycles. The van der Waals surface area contributed by atoms with Gasteiger partial charge in [0.25, 0.3) is 0 Å². The third-order valence-electron chi connectivity index (χ3n) is 1.62. The zero-order chi connectivity index (χ0) is 12.8. The van der Waals surface area contributed by atoms with Crippen LogP contribution >= 0.6 is 0 Å². The smallest absolute Gasteiger partial charge is 0.374 e. The first-order chi connectivity index (χ1) is 7.26. The molecule has 0 unspecified atom stereocenters. The van der Waals surface area contributed by atoms with Gasteiger partial charge in [0.2, 0.25) is 5.78 Å². The van der Waals surface area contributed by atoms with Crippen molar-refractivity contribution in [2.75, 3.05) is 7.11 Å². The molecule has 0 amide bonds. The summed E-state index contributed by atoms with van der Waals surface area (Å²) in [6, 6.07) is 0. The Labute approximate surface area is 95.1 Å². The molecule has 0 aliphatic carbocycles. The molecule has 0 radical (unpaired) electrons. The lowest BCUT2D eigenvalue weighted by molar-refractivity contribution is -0.155. The van der Waals surface area contributed by atoms with Crippen LogP contribution in [-0.2, 0) is 23.9 Å². The van der Waals surface area contributed by atoms with Gasteiger partial charge in [0.05, 0.1) is 7.11 Å². The minimum Gasteiger partial charge on any atom is -0.463 e. The van der Waals surface area contributed by atoms with Crippen LogP contribution in [0.15, 0.2) is 0 Å². The van der Waals surface area contributed by atoms with Gasteiger partial charge in [-0.3, -0.25) is 9.59 Å². The maximum atomic E-state index is 11.2.